The lowest BCUT2D eigenvalue weighted by Gasteiger charge is -2.38. The number of aliphatic hydroxyl groups is 1. The van der Waals surface area contributed by atoms with Crippen LogP contribution in [0.4, 0.5) is 0 Å². The summed E-state index contributed by atoms with van der Waals surface area (Å²) in [4.78, 5) is 0. The van der Waals surface area contributed by atoms with Crippen LogP contribution in [0, 0.1) is 0 Å². The van der Waals surface area contributed by atoms with Gasteiger partial charge in [-0.25, -0.2) is 0 Å². The molecule has 1 heterocycles. The molecule has 0 aromatic heterocycles. The first-order valence-corrected chi connectivity index (χ1v) is 9.14. The van der Waals surface area contributed by atoms with Crippen LogP contribution in [0.3, 0.4) is 0 Å². The Morgan fingerprint density at radius 1 is 1.25 bits per heavy atom. The Labute approximate surface area is 100 Å². The van der Waals surface area contributed by atoms with Gasteiger partial charge in [-0.2, -0.15) is 0 Å². The highest BCUT2D eigenvalue weighted by atomic mass is 28.4. The van der Waals surface area contributed by atoms with Gasteiger partial charge >= 0.3 is 0 Å². The van der Waals surface area contributed by atoms with Crippen LogP contribution in [0.2, 0.25) is 18.1 Å². The predicted octanol–water partition coefficient (Wildman–Crippen LogP) is 2.55. The Kier molecular flexibility index (Phi) is 5.96. The van der Waals surface area contributed by atoms with Gasteiger partial charge in [-0.3, -0.25) is 0 Å². The summed E-state index contributed by atoms with van der Waals surface area (Å²) in [6.07, 6.45) is 2.14. The summed E-state index contributed by atoms with van der Waals surface area (Å²) in [6, 6.07) is 3.48. The molecule has 1 rings (SSSR count). The van der Waals surface area contributed by atoms with E-state index in [4.69, 9.17) is 9.16 Å². The van der Waals surface area contributed by atoms with Crippen LogP contribution in [0.15, 0.2) is 0 Å². The van der Waals surface area contributed by atoms with E-state index >= 15 is 0 Å². The van der Waals surface area contributed by atoms with Gasteiger partial charge in [0.15, 0.2) is 8.32 Å². The maximum atomic E-state index is 9.29. The van der Waals surface area contributed by atoms with E-state index in [0.29, 0.717) is 0 Å². The van der Waals surface area contributed by atoms with Gasteiger partial charge in [0.25, 0.3) is 0 Å². The summed E-state index contributed by atoms with van der Waals surface area (Å²) < 4.78 is 12.0. The SMILES string of the molecule is CC[Si](CC)(CC)O[C@H]1CCCO[C@@H]1CO. The van der Waals surface area contributed by atoms with Crippen LogP contribution in [-0.4, -0.2) is 38.8 Å². The number of rotatable bonds is 6. The monoisotopic (exact) mass is 246 g/mol. The fraction of sp³-hybridized carbons (Fsp3) is 1.00. The molecule has 1 aliphatic heterocycles. The molecule has 0 unspecified atom stereocenters. The van der Waals surface area contributed by atoms with Crippen molar-refractivity contribution < 1.29 is 14.3 Å². The van der Waals surface area contributed by atoms with Crippen molar-refractivity contribution in [1.82, 2.24) is 0 Å². The van der Waals surface area contributed by atoms with E-state index in [1.807, 2.05) is 0 Å². The Morgan fingerprint density at radius 3 is 2.38 bits per heavy atom. The van der Waals surface area contributed by atoms with Crippen molar-refractivity contribution in [3.63, 3.8) is 0 Å². The minimum absolute atomic E-state index is 0.0896. The van der Waals surface area contributed by atoms with E-state index in [1.165, 1.54) is 0 Å². The lowest BCUT2D eigenvalue weighted by Crippen LogP contribution is -2.47. The molecule has 0 radical (unpaired) electrons. The number of hydrogen-bond acceptors (Lipinski definition) is 3. The van der Waals surface area contributed by atoms with Gasteiger partial charge in [0, 0.05) is 6.61 Å². The summed E-state index contributed by atoms with van der Waals surface area (Å²) in [5.74, 6) is 0. The first-order valence-electron chi connectivity index (χ1n) is 6.61. The van der Waals surface area contributed by atoms with Gasteiger partial charge in [0.05, 0.1) is 12.7 Å². The Balaban J connectivity index is 2.61. The third-order valence-electron chi connectivity index (χ3n) is 3.89. The maximum Gasteiger partial charge on any atom is 0.192 e. The molecule has 0 aliphatic carbocycles. The molecule has 1 N–H and O–H groups in total. The highest BCUT2D eigenvalue weighted by Crippen LogP contribution is 2.28. The molecule has 16 heavy (non-hydrogen) atoms. The van der Waals surface area contributed by atoms with Gasteiger partial charge in [0.1, 0.15) is 6.10 Å². The van der Waals surface area contributed by atoms with Crippen LogP contribution in [0.25, 0.3) is 0 Å². The zero-order valence-corrected chi connectivity index (χ0v) is 11.9. The van der Waals surface area contributed by atoms with Crippen molar-refractivity contribution >= 4 is 8.32 Å². The van der Waals surface area contributed by atoms with E-state index in [2.05, 4.69) is 20.8 Å². The van der Waals surface area contributed by atoms with Crippen molar-refractivity contribution in [3.05, 3.63) is 0 Å². The molecule has 3 nitrogen and oxygen atoms in total. The lowest BCUT2D eigenvalue weighted by atomic mass is 10.1. The average Bonchev–Trinajstić information content (AvgIpc) is 2.36. The van der Waals surface area contributed by atoms with Gasteiger partial charge in [-0.1, -0.05) is 20.8 Å². The third kappa shape index (κ3) is 3.29. The standard InChI is InChI=1S/C12H26O3Si/c1-4-16(5-2,6-3)15-11-8-7-9-14-12(11)10-13/h11-13H,4-10H2,1-3H3/t11-,12+/m0/s1. The van der Waals surface area contributed by atoms with Crippen LogP contribution in [0.5, 0.6) is 0 Å². The van der Waals surface area contributed by atoms with Crippen LogP contribution in [0.1, 0.15) is 33.6 Å². The maximum absolute atomic E-state index is 9.29. The summed E-state index contributed by atoms with van der Waals surface area (Å²) in [7, 11) is -1.55. The second-order valence-corrected chi connectivity index (χ2v) is 9.36. The Hall–Kier alpha value is 0.0969. The van der Waals surface area contributed by atoms with E-state index in [-0.39, 0.29) is 18.8 Å². The van der Waals surface area contributed by atoms with Gasteiger partial charge in [-0.05, 0) is 31.0 Å². The minimum atomic E-state index is -1.55. The highest BCUT2D eigenvalue weighted by Gasteiger charge is 2.36. The minimum Gasteiger partial charge on any atom is -0.411 e. The summed E-state index contributed by atoms with van der Waals surface area (Å²) >= 11 is 0. The quantitative estimate of drug-likeness (QED) is 0.732. The molecule has 4 heteroatoms. The molecular weight excluding hydrogens is 220 g/mol. The molecule has 0 spiro atoms. The fourth-order valence-electron chi connectivity index (χ4n) is 2.44. The zero-order valence-electron chi connectivity index (χ0n) is 10.9. The van der Waals surface area contributed by atoms with E-state index in [0.717, 1.165) is 37.6 Å². The molecular formula is C12H26O3Si. The predicted molar refractivity (Wildman–Crippen MR) is 68.1 cm³/mol. The molecule has 1 saturated heterocycles. The second kappa shape index (κ2) is 6.74. The molecule has 0 amide bonds. The smallest absolute Gasteiger partial charge is 0.192 e. The van der Waals surface area contributed by atoms with Crippen molar-refractivity contribution in [1.29, 1.82) is 0 Å². The second-order valence-electron chi connectivity index (χ2n) is 4.63. The van der Waals surface area contributed by atoms with Crippen molar-refractivity contribution in [3.8, 4) is 0 Å². The van der Waals surface area contributed by atoms with Crippen molar-refractivity contribution in [2.24, 2.45) is 0 Å². The van der Waals surface area contributed by atoms with Crippen molar-refractivity contribution in [2.45, 2.75) is 64.0 Å². The normalized spacial score (nSPS) is 27.0. The van der Waals surface area contributed by atoms with Gasteiger partial charge in [0.2, 0.25) is 0 Å². The van der Waals surface area contributed by atoms with Gasteiger partial charge < -0.3 is 14.3 Å². The Bertz CT molecular complexity index is 186. The van der Waals surface area contributed by atoms with E-state index in [9.17, 15) is 5.11 Å². The number of aliphatic hydroxyl groups excluding tert-OH is 1. The molecule has 0 bridgehead atoms. The van der Waals surface area contributed by atoms with E-state index < -0.39 is 8.32 Å². The summed E-state index contributed by atoms with van der Waals surface area (Å²) in [5.41, 5.74) is 0. The van der Waals surface area contributed by atoms with Gasteiger partial charge in [-0.15, -0.1) is 0 Å². The first-order chi connectivity index (χ1) is 7.71. The molecule has 0 aromatic rings. The molecule has 2 atom stereocenters. The van der Waals surface area contributed by atoms with Crippen molar-refractivity contribution in [2.75, 3.05) is 13.2 Å². The number of ether oxygens (including phenoxy) is 1. The summed E-state index contributed by atoms with van der Waals surface area (Å²) in [6.45, 7) is 7.56. The molecule has 0 saturated carbocycles. The van der Waals surface area contributed by atoms with Crippen LogP contribution < -0.4 is 0 Å². The largest absolute Gasteiger partial charge is 0.411 e. The molecule has 96 valence electrons. The zero-order chi connectivity index (χ0) is 12.0. The Morgan fingerprint density at radius 2 is 1.88 bits per heavy atom. The van der Waals surface area contributed by atoms with Crippen LogP contribution in [-0.2, 0) is 9.16 Å². The fourth-order valence-corrected chi connectivity index (χ4v) is 5.35. The molecule has 0 aromatic carbocycles. The highest BCUT2D eigenvalue weighted by molar-refractivity contribution is 6.73. The molecule has 1 fully saturated rings. The molecule has 1 aliphatic rings. The topological polar surface area (TPSA) is 38.7 Å². The lowest BCUT2D eigenvalue weighted by molar-refractivity contribution is -0.0882. The average molecular weight is 246 g/mol. The number of hydrogen-bond donors (Lipinski definition) is 1. The first kappa shape index (κ1) is 14.2. The summed E-state index contributed by atoms with van der Waals surface area (Å²) in [5, 5.41) is 9.29. The van der Waals surface area contributed by atoms with Crippen LogP contribution >= 0.6 is 0 Å². The van der Waals surface area contributed by atoms with E-state index in [1.54, 1.807) is 0 Å². The third-order valence-corrected chi connectivity index (χ3v) is 8.56.